The molecule has 19 heavy (non-hydrogen) atoms. The molecule has 102 valence electrons. The number of anilines is 2. The van der Waals surface area contributed by atoms with Crippen LogP contribution in [0, 0.1) is 12.8 Å². The first-order valence-corrected chi connectivity index (χ1v) is 7.63. The van der Waals surface area contributed by atoms with E-state index in [1.165, 1.54) is 55.0 Å². The van der Waals surface area contributed by atoms with Gasteiger partial charge in [0.2, 0.25) is 0 Å². The molecule has 0 radical (unpaired) electrons. The maximum atomic E-state index is 3.57. The van der Waals surface area contributed by atoms with Gasteiger partial charge in [0.05, 0.1) is 11.4 Å². The second kappa shape index (κ2) is 5.28. The van der Waals surface area contributed by atoms with Gasteiger partial charge in [-0.3, -0.25) is 0 Å². The van der Waals surface area contributed by atoms with Crippen LogP contribution in [-0.2, 0) is 0 Å². The minimum atomic E-state index is 0.869. The van der Waals surface area contributed by atoms with Gasteiger partial charge in [0, 0.05) is 6.54 Å². The van der Waals surface area contributed by atoms with Gasteiger partial charge in [-0.1, -0.05) is 25.8 Å². The molecule has 2 nitrogen and oxygen atoms in total. The number of benzene rings is 1. The van der Waals surface area contributed by atoms with Gasteiger partial charge in [-0.15, -0.1) is 0 Å². The summed E-state index contributed by atoms with van der Waals surface area (Å²) < 4.78 is 0. The van der Waals surface area contributed by atoms with Crippen molar-refractivity contribution in [3.05, 3.63) is 35.7 Å². The van der Waals surface area contributed by atoms with Gasteiger partial charge >= 0.3 is 0 Å². The normalized spacial score (nSPS) is 20.9. The number of aryl methyl sites for hydroxylation is 1. The van der Waals surface area contributed by atoms with Gasteiger partial charge in [0.25, 0.3) is 0 Å². The minimum Gasteiger partial charge on any atom is -0.340 e. The van der Waals surface area contributed by atoms with Crippen molar-refractivity contribution in [2.75, 3.05) is 16.8 Å². The summed E-state index contributed by atoms with van der Waals surface area (Å²) in [4.78, 5) is 2.50. The first kappa shape index (κ1) is 12.6. The fraction of sp³-hybridized carbons (Fsp3) is 0.529. The van der Waals surface area contributed by atoms with Crippen LogP contribution in [0.5, 0.6) is 0 Å². The van der Waals surface area contributed by atoms with Gasteiger partial charge in [-0.2, -0.15) is 0 Å². The van der Waals surface area contributed by atoms with Crippen molar-refractivity contribution < 1.29 is 0 Å². The first-order valence-electron chi connectivity index (χ1n) is 7.63. The van der Waals surface area contributed by atoms with Gasteiger partial charge in [0.15, 0.2) is 0 Å². The zero-order valence-corrected chi connectivity index (χ0v) is 12.1. The van der Waals surface area contributed by atoms with E-state index in [1.807, 2.05) is 0 Å². The summed E-state index contributed by atoms with van der Waals surface area (Å²) in [6.45, 7) is 5.56. The number of nitrogens with one attached hydrogen (secondary N) is 1. The Morgan fingerprint density at radius 2 is 2.11 bits per heavy atom. The van der Waals surface area contributed by atoms with Crippen LogP contribution in [0.4, 0.5) is 11.4 Å². The number of nitrogens with zero attached hydrogens (tertiary/aromatic N) is 1. The van der Waals surface area contributed by atoms with Crippen LogP contribution >= 0.6 is 0 Å². The highest BCUT2D eigenvalue weighted by Crippen LogP contribution is 2.39. The summed E-state index contributed by atoms with van der Waals surface area (Å²) in [5.74, 6) is 2.16. The maximum absolute atomic E-state index is 3.57. The highest BCUT2D eigenvalue weighted by atomic mass is 15.3. The van der Waals surface area contributed by atoms with Crippen molar-refractivity contribution >= 4 is 11.4 Å². The van der Waals surface area contributed by atoms with Gasteiger partial charge in [-0.05, 0) is 55.9 Å². The predicted octanol–water partition coefficient (Wildman–Crippen LogP) is 4.67. The summed E-state index contributed by atoms with van der Waals surface area (Å²) in [6.07, 6.45) is 9.02. The molecule has 1 N–H and O–H groups in total. The molecule has 0 unspecified atom stereocenters. The Morgan fingerprint density at radius 3 is 2.84 bits per heavy atom. The van der Waals surface area contributed by atoms with Crippen molar-refractivity contribution in [3.8, 4) is 0 Å². The predicted molar refractivity (Wildman–Crippen MR) is 82.5 cm³/mol. The summed E-state index contributed by atoms with van der Waals surface area (Å²) in [7, 11) is 0. The molecule has 0 amide bonds. The average Bonchev–Trinajstić information content (AvgIpc) is 3.00. The van der Waals surface area contributed by atoms with E-state index < -0.39 is 0 Å². The summed E-state index contributed by atoms with van der Waals surface area (Å²) in [5.41, 5.74) is 3.98. The third kappa shape index (κ3) is 2.49. The SMILES string of the molecule is CC/C=C1/Nc2ccc(C)cc2N1CC1CCCC1. The Bertz CT molecular complexity index is 484. The van der Waals surface area contributed by atoms with Crippen LogP contribution in [0.3, 0.4) is 0 Å². The molecule has 2 aliphatic rings. The fourth-order valence-electron chi connectivity index (χ4n) is 3.31. The topological polar surface area (TPSA) is 15.3 Å². The highest BCUT2D eigenvalue weighted by molar-refractivity contribution is 5.81. The third-order valence-electron chi connectivity index (χ3n) is 4.31. The molecule has 1 aliphatic heterocycles. The van der Waals surface area contributed by atoms with E-state index in [0.29, 0.717) is 0 Å². The van der Waals surface area contributed by atoms with Crippen molar-refractivity contribution in [2.45, 2.75) is 46.0 Å². The number of hydrogen-bond acceptors (Lipinski definition) is 2. The molecule has 0 saturated heterocycles. The van der Waals surface area contributed by atoms with E-state index in [-0.39, 0.29) is 0 Å². The number of hydrogen-bond donors (Lipinski definition) is 1. The lowest BCUT2D eigenvalue weighted by atomic mass is 10.1. The molecular formula is C17H24N2. The molecular weight excluding hydrogens is 232 g/mol. The average molecular weight is 256 g/mol. The molecule has 0 bridgehead atoms. The van der Waals surface area contributed by atoms with E-state index in [2.05, 4.69) is 48.3 Å². The lowest BCUT2D eigenvalue weighted by Gasteiger charge is -2.24. The van der Waals surface area contributed by atoms with Crippen LogP contribution in [0.25, 0.3) is 0 Å². The van der Waals surface area contributed by atoms with E-state index in [9.17, 15) is 0 Å². The van der Waals surface area contributed by atoms with E-state index in [0.717, 1.165) is 12.3 Å². The van der Waals surface area contributed by atoms with Crippen LogP contribution in [0.15, 0.2) is 30.1 Å². The number of allylic oxidation sites excluding steroid dienone is 1. The lowest BCUT2D eigenvalue weighted by Crippen LogP contribution is -2.26. The Morgan fingerprint density at radius 1 is 1.32 bits per heavy atom. The molecule has 1 aromatic rings. The quantitative estimate of drug-likeness (QED) is 0.845. The molecule has 1 heterocycles. The molecule has 0 spiro atoms. The first-order chi connectivity index (χ1) is 9.28. The fourth-order valence-corrected chi connectivity index (χ4v) is 3.31. The summed E-state index contributed by atoms with van der Waals surface area (Å²) >= 11 is 0. The standard InChI is InChI=1S/C17H24N2/c1-3-6-17-18-15-10-9-13(2)11-16(15)19(17)12-14-7-4-5-8-14/h6,9-11,14,18H,3-5,7-8,12H2,1-2H3/b17-6-. The van der Waals surface area contributed by atoms with Crippen molar-refractivity contribution in [1.29, 1.82) is 0 Å². The molecule has 1 aliphatic carbocycles. The molecule has 1 aromatic carbocycles. The summed E-state index contributed by atoms with van der Waals surface area (Å²) in [6, 6.07) is 6.71. The largest absolute Gasteiger partial charge is 0.340 e. The van der Waals surface area contributed by atoms with Gasteiger partial charge < -0.3 is 10.2 Å². The molecule has 1 saturated carbocycles. The van der Waals surface area contributed by atoms with Crippen LogP contribution < -0.4 is 10.2 Å². The second-order valence-corrected chi connectivity index (χ2v) is 5.90. The molecule has 0 aromatic heterocycles. The minimum absolute atomic E-state index is 0.869. The van der Waals surface area contributed by atoms with Gasteiger partial charge in [0.1, 0.15) is 5.82 Å². The van der Waals surface area contributed by atoms with Gasteiger partial charge in [-0.25, -0.2) is 0 Å². The zero-order valence-electron chi connectivity index (χ0n) is 12.1. The Labute approximate surface area is 116 Å². The smallest absolute Gasteiger partial charge is 0.106 e. The van der Waals surface area contributed by atoms with E-state index in [4.69, 9.17) is 0 Å². The zero-order chi connectivity index (χ0) is 13.2. The van der Waals surface area contributed by atoms with Crippen molar-refractivity contribution in [1.82, 2.24) is 0 Å². The highest BCUT2D eigenvalue weighted by Gasteiger charge is 2.27. The number of fused-ring (bicyclic) bond motifs is 1. The molecule has 3 rings (SSSR count). The van der Waals surface area contributed by atoms with Crippen LogP contribution in [0.2, 0.25) is 0 Å². The molecule has 2 heteroatoms. The lowest BCUT2D eigenvalue weighted by molar-refractivity contribution is 0.551. The molecule has 1 fully saturated rings. The third-order valence-corrected chi connectivity index (χ3v) is 4.31. The molecule has 0 atom stereocenters. The van der Waals surface area contributed by atoms with Crippen LogP contribution in [-0.4, -0.2) is 6.54 Å². The Hall–Kier alpha value is -1.44. The van der Waals surface area contributed by atoms with E-state index >= 15 is 0 Å². The number of rotatable bonds is 3. The Balaban J connectivity index is 1.88. The monoisotopic (exact) mass is 256 g/mol. The van der Waals surface area contributed by atoms with Crippen LogP contribution in [0.1, 0.15) is 44.6 Å². The maximum Gasteiger partial charge on any atom is 0.106 e. The van der Waals surface area contributed by atoms with Crippen molar-refractivity contribution in [2.24, 2.45) is 5.92 Å². The van der Waals surface area contributed by atoms with Crippen molar-refractivity contribution in [3.63, 3.8) is 0 Å². The summed E-state index contributed by atoms with van der Waals surface area (Å²) in [5, 5.41) is 3.57. The van der Waals surface area contributed by atoms with E-state index in [1.54, 1.807) is 0 Å². The second-order valence-electron chi connectivity index (χ2n) is 5.90. The Kier molecular flexibility index (Phi) is 3.50.